The molecule has 1 heterocycles. The largest absolute Gasteiger partial charge is 0.480 e. The average molecular weight is 315 g/mol. The SMILES string of the molecule is CC(C)[C@H](NC(=O)OC1CC(C)(C)N([O])C(C)(C)C1)C(=O)O. The number of carbonyl (C=O) groups excluding carboxylic acids is 1. The molecule has 0 aliphatic carbocycles. The van der Waals surface area contributed by atoms with E-state index in [1.165, 1.54) is 0 Å². The second-order valence-corrected chi connectivity index (χ2v) is 7.56. The highest BCUT2D eigenvalue weighted by atomic mass is 16.6. The molecular formula is C15H27N2O5. The van der Waals surface area contributed by atoms with Crippen molar-refractivity contribution >= 4 is 12.1 Å². The third-order valence-corrected chi connectivity index (χ3v) is 4.03. The number of carboxylic acid groups (broad SMARTS) is 1. The fraction of sp³-hybridized carbons (Fsp3) is 0.867. The fourth-order valence-electron chi connectivity index (χ4n) is 3.08. The van der Waals surface area contributed by atoms with E-state index >= 15 is 0 Å². The summed E-state index contributed by atoms with van der Waals surface area (Å²) in [4.78, 5) is 23.0. The van der Waals surface area contributed by atoms with Gasteiger partial charge in [0, 0.05) is 23.9 Å². The van der Waals surface area contributed by atoms with Gasteiger partial charge in [0.2, 0.25) is 0 Å². The molecule has 0 spiro atoms. The number of alkyl carbamates (subject to hydrolysis) is 1. The summed E-state index contributed by atoms with van der Waals surface area (Å²) in [5.41, 5.74) is -1.28. The Balaban J connectivity index is 2.71. The summed E-state index contributed by atoms with van der Waals surface area (Å²) in [6.07, 6.45) is -0.353. The summed E-state index contributed by atoms with van der Waals surface area (Å²) >= 11 is 0. The van der Waals surface area contributed by atoms with Crippen molar-refractivity contribution in [1.82, 2.24) is 10.4 Å². The maximum atomic E-state index is 12.2. The van der Waals surface area contributed by atoms with Gasteiger partial charge in [-0.1, -0.05) is 13.8 Å². The number of hydroxylamine groups is 2. The van der Waals surface area contributed by atoms with Crippen LogP contribution in [0.2, 0.25) is 0 Å². The predicted octanol–water partition coefficient (Wildman–Crippen LogP) is 2.19. The van der Waals surface area contributed by atoms with Gasteiger partial charge in [0.15, 0.2) is 0 Å². The van der Waals surface area contributed by atoms with Crippen molar-refractivity contribution in [3.8, 4) is 0 Å². The second-order valence-electron chi connectivity index (χ2n) is 7.56. The van der Waals surface area contributed by atoms with Gasteiger partial charge >= 0.3 is 12.1 Å². The monoisotopic (exact) mass is 315 g/mol. The zero-order chi connectivity index (χ0) is 17.3. The standard InChI is InChI=1S/C15H27N2O5/c1-9(2)11(12(18)19)16-13(20)22-10-7-14(3,4)17(21)15(5,6)8-10/h9-11H,7-8H2,1-6H3,(H,16,20)(H,18,19)/t11-/m0/s1. The Morgan fingerprint density at radius 3 is 2.00 bits per heavy atom. The smallest absolute Gasteiger partial charge is 0.408 e. The number of rotatable bonds is 4. The number of amides is 1. The number of ether oxygens (including phenoxy) is 1. The molecule has 0 aromatic rings. The third kappa shape index (κ3) is 4.33. The lowest BCUT2D eigenvalue weighted by atomic mass is 9.80. The fourth-order valence-corrected chi connectivity index (χ4v) is 3.08. The molecule has 0 bridgehead atoms. The van der Waals surface area contributed by atoms with Crippen LogP contribution < -0.4 is 5.32 Å². The van der Waals surface area contributed by atoms with Crippen molar-refractivity contribution in [3.63, 3.8) is 0 Å². The number of nitrogens with one attached hydrogen (secondary N) is 1. The summed E-state index contributed by atoms with van der Waals surface area (Å²) in [5.74, 6) is -1.34. The van der Waals surface area contributed by atoms with E-state index in [0.29, 0.717) is 12.8 Å². The van der Waals surface area contributed by atoms with Crippen LogP contribution in [0.3, 0.4) is 0 Å². The molecule has 0 aromatic carbocycles. The topological polar surface area (TPSA) is 98.8 Å². The Kier molecular flexibility index (Phi) is 5.46. The number of hydrogen-bond donors (Lipinski definition) is 2. The molecule has 22 heavy (non-hydrogen) atoms. The molecule has 7 nitrogen and oxygen atoms in total. The number of carboxylic acids is 1. The normalized spacial score (nSPS) is 23.1. The van der Waals surface area contributed by atoms with Gasteiger partial charge < -0.3 is 15.2 Å². The minimum atomic E-state index is -1.10. The molecule has 1 amide bonds. The summed E-state index contributed by atoms with van der Waals surface area (Å²) in [5, 5.41) is 24.7. The summed E-state index contributed by atoms with van der Waals surface area (Å²) in [6.45, 7) is 10.7. The summed E-state index contributed by atoms with van der Waals surface area (Å²) in [6, 6.07) is -0.992. The van der Waals surface area contributed by atoms with Crippen LogP contribution >= 0.6 is 0 Å². The van der Waals surface area contributed by atoms with E-state index in [9.17, 15) is 14.8 Å². The lowest BCUT2D eigenvalue weighted by Gasteiger charge is -2.49. The number of carbonyl (C=O) groups is 2. The van der Waals surface area contributed by atoms with Gasteiger partial charge in [-0.2, -0.15) is 0 Å². The first-order valence-corrected chi connectivity index (χ1v) is 7.54. The van der Waals surface area contributed by atoms with E-state index in [2.05, 4.69) is 5.32 Å². The first-order valence-electron chi connectivity index (χ1n) is 7.54. The summed E-state index contributed by atoms with van der Waals surface area (Å²) < 4.78 is 5.36. The van der Waals surface area contributed by atoms with E-state index < -0.39 is 35.3 Å². The Morgan fingerprint density at radius 2 is 1.64 bits per heavy atom. The van der Waals surface area contributed by atoms with Gasteiger partial charge in [-0.3, -0.25) is 0 Å². The van der Waals surface area contributed by atoms with Crippen LogP contribution in [0.15, 0.2) is 0 Å². The molecule has 1 aliphatic heterocycles. The lowest BCUT2D eigenvalue weighted by molar-refractivity contribution is -0.298. The molecule has 1 radical (unpaired) electrons. The van der Waals surface area contributed by atoms with E-state index in [4.69, 9.17) is 9.84 Å². The Labute approximate surface area is 131 Å². The van der Waals surface area contributed by atoms with Gasteiger partial charge in [-0.15, -0.1) is 10.3 Å². The third-order valence-electron chi connectivity index (χ3n) is 4.03. The van der Waals surface area contributed by atoms with E-state index in [1.807, 2.05) is 27.7 Å². The Bertz CT molecular complexity index is 416. The number of hydrogen-bond acceptors (Lipinski definition) is 4. The Morgan fingerprint density at radius 1 is 1.18 bits per heavy atom. The molecule has 1 saturated heterocycles. The van der Waals surface area contributed by atoms with Crippen molar-refractivity contribution in [2.45, 2.75) is 77.6 Å². The minimum absolute atomic E-state index is 0.249. The van der Waals surface area contributed by atoms with Crippen LogP contribution in [0.4, 0.5) is 4.79 Å². The van der Waals surface area contributed by atoms with E-state index in [1.54, 1.807) is 13.8 Å². The van der Waals surface area contributed by atoms with Crippen molar-refractivity contribution in [2.75, 3.05) is 0 Å². The van der Waals surface area contributed by atoms with Crippen LogP contribution in [-0.4, -0.2) is 45.5 Å². The van der Waals surface area contributed by atoms with Crippen LogP contribution in [-0.2, 0) is 14.7 Å². The lowest BCUT2D eigenvalue weighted by Crippen LogP contribution is -2.60. The highest BCUT2D eigenvalue weighted by Gasteiger charge is 2.47. The second kappa shape index (κ2) is 6.42. The maximum absolute atomic E-state index is 12.2. The molecule has 1 aliphatic rings. The van der Waals surface area contributed by atoms with Crippen LogP contribution in [0.5, 0.6) is 0 Å². The first kappa shape index (κ1) is 18.7. The van der Waals surface area contributed by atoms with Crippen molar-refractivity contribution < 1.29 is 24.6 Å². The predicted molar refractivity (Wildman–Crippen MR) is 79.6 cm³/mol. The molecule has 1 fully saturated rings. The van der Waals surface area contributed by atoms with Gasteiger partial charge in [0.05, 0.1) is 0 Å². The van der Waals surface area contributed by atoms with Crippen LogP contribution in [0, 0.1) is 5.92 Å². The molecule has 0 aromatic heterocycles. The van der Waals surface area contributed by atoms with Crippen molar-refractivity contribution in [1.29, 1.82) is 0 Å². The van der Waals surface area contributed by atoms with Crippen LogP contribution in [0.25, 0.3) is 0 Å². The molecule has 2 N–H and O–H groups in total. The highest BCUT2D eigenvalue weighted by Crippen LogP contribution is 2.38. The number of piperidine rings is 1. The maximum Gasteiger partial charge on any atom is 0.408 e. The van der Waals surface area contributed by atoms with E-state index in [0.717, 1.165) is 5.06 Å². The first-order chi connectivity index (χ1) is 9.86. The molecule has 1 rings (SSSR count). The zero-order valence-corrected chi connectivity index (χ0v) is 14.2. The molecule has 127 valence electrons. The Hall–Kier alpha value is -1.34. The minimum Gasteiger partial charge on any atom is -0.480 e. The molecule has 1 atom stereocenters. The number of aliphatic carboxylic acids is 1. The quantitative estimate of drug-likeness (QED) is 0.828. The number of nitrogens with zero attached hydrogens (tertiary/aromatic N) is 1. The summed E-state index contributed by atoms with van der Waals surface area (Å²) in [7, 11) is 0. The van der Waals surface area contributed by atoms with Crippen molar-refractivity contribution in [3.05, 3.63) is 0 Å². The van der Waals surface area contributed by atoms with Gasteiger partial charge in [0.25, 0.3) is 0 Å². The van der Waals surface area contributed by atoms with Crippen LogP contribution in [0.1, 0.15) is 54.4 Å². The van der Waals surface area contributed by atoms with Gasteiger partial charge in [-0.25, -0.2) is 9.59 Å². The van der Waals surface area contributed by atoms with Gasteiger partial charge in [-0.05, 0) is 33.6 Å². The zero-order valence-electron chi connectivity index (χ0n) is 14.2. The average Bonchev–Trinajstić information content (AvgIpc) is 2.31. The molecule has 7 heteroatoms. The van der Waals surface area contributed by atoms with E-state index in [-0.39, 0.29) is 5.92 Å². The highest BCUT2D eigenvalue weighted by molar-refractivity contribution is 5.80. The molecular weight excluding hydrogens is 288 g/mol. The molecule has 0 unspecified atom stereocenters. The van der Waals surface area contributed by atoms with Crippen molar-refractivity contribution in [2.24, 2.45) is 5.92 Å². The van der Waals surface area contributed by atoms with Gasteiger partial charge in [0.1, 0.15) is 12.1 Å². The molecule has 0 saturated carbocycles.